The summed E-state index contributed by atoms with van der Waals surface area (Å²) in [5.74, 6) is 0. The zero-order valence-corrected chi connectivity index (χ0v) is 14.9. The third-order valence-electron chi connectivity index (χ3n) is 1.81. The molecular formula is C15H35OZr. The minimum Gasteiger partial charge on any atom is -0.412 e. The number of hydrogen-bond acceptors (Lipinski definition) is 0. The van der Waals surface area contributed by atoms with Gasteiger partial charge < -0.3 is 26.2 Å². The number of unbranched alkanes of at least 4 members (excludes halogenated alkanes) is 6. The second-order valence-corrected chi connectivity index (χ2v) is 3.62. The largest absolute Gasteiger partial charge is 3.00 e. The van der Waals surface area contributed by atoms with Crippen molar-refractivity contribution in [3.05, 3.63) is 20.8 Å². The standard InChI is InChI=1S/3C5H11.H2O.Zr/c3*1-3-5-4-2;;/h3*1,3-5H2,2H3;1H2;/q3*-1;;+3. The third-order valence-corrected chi connectivity index (χ3v) is 1.81. The van der Waals surface area contributed by atoms with E-state index in [0.29, 0.717) is 0 Å². The van der Waals surface area contributed by atoms with Gasteiger partial charge in [0, 0.05) is 0 Å². The first kappa shape index (κ1) is 30.7. The molecule has 0 bridgehead atoms. The fourth-order valence-corrected chi connectivity index (χ4v) is 0.750. The van der Waals surface area contributed by atoms with Crippen LogP contribution in [0.3, 0.4) is 0 Å². The van der Waals surface area contributed by atoms with Crippen LogP contribution in [0.2, 0.25) is 0 Å². The van der Waals surface area contributed by atoms with Crippen LogP contribution in [-0.2, 0) is 26.2 Å². The molecule has 0 aromatic rings. The minimum atomic E-state index is 0. The minimum absolute atomic E-state index is 0. The van der Waals surface area contributed by atoms with Crippen molar-refractivity contribution in [2.75, 3.05) is 0 Å². The van der Waals surface area contributed by atoms with Gasteiger partial charge in [-0.15, -0.1) is 0 Å². The maximum absolute atomic E-state index is 3.68. The molecule has 0 rings (SSSR count). The summed E-state index contributed by atoms with van der Waals surface area (Å²) < 4.78 is 0. The van der Waals surface area contributed by atoms with Crippen molar-refractivity contribution in [1.29, 1.82) is 0 Å². The van der Waals surface area contributed by atoms with E-state index in [0.717, 1.165) is 19.3 Å². The van der Waals surface area contributed by atoms with Gasteiger partial charge in [-0.2, -0.15) is 19.3 Å². The molecule has 0 amide bonds. The smallest absolute Gasteiger partial charge is 0.412 e. The van der Waals surface area contributed by atoms with Gasteiger partial charge in [0.05, 0.1) is 0 Å². The van der Waals surface area contributed by atoms with Gasteiger partial charge in [0.2, 0.25) is 0 Å². The van der Waals surface area contributed by atoms with Gasteiger partial charge in [-0.05, 0) is 0 Å². The van der Waals surface area contributed by atoms with Crippen LogP contribution in [0, 0.1) is 20.8 Å². The van der Waals surface area contributed by atoms with Gasteiger partial charge in [-0.3, -0.25) is 0 Å². The average Bonchev–Trinajstić information content (AvgIpc) is 2.23. The Kier molecular flexibility index (Phi) is 78.8. The van der Waals surface area contributed by atoms with Crippen LogP contribution in [0.1, 0.15) is 78.6 Å². The molecule has 105 valence electrons. The normalized spacial score (nSPS) is 7.41. The molecule has 0 atom stereocenters. The Morgan fingerprint density at radius 1 is 0.588 bits per heavy atom. The summed E-state index contributed by atoms with van der Waals surface area (Å²) in [6, 6.07) is 0. The van der Waals surface area contributed by atoms with Crippen LogP contribution >= 0.6 is 0 Å². The van der Waals surface area contributed by atoms with Gasteiger partial charge in [0.1, 0.15) is 0 Å². The molecule has 0 saturated heterocycles. The van der Waals surface area contributed by atoms with E-state index in [9.17, 15) is 0 Å². The van der Waals surface area contributed by atoms with E-state index in [-0.39, 0.29) is 31.7 Å². The first-order chi connectivity index (χ1) is 7.24. The van der Waals surface area contributed by atoms with E-state index in [2.05, 4.69) is 41.5 Å². The van der Waals surface area contributed by atoms with Crippen LogP contribution in [-0.4, -0.2) is 5.48 Å². The van der Waals surface area contributed by atoms with Crippen LogP contribution in [0.4, 0.5) is 0 Å². The quantitative estimate of drug-likeness (QED) is 0.602. The maximum Gasteiger partial charge on any atom is 3.00 e. The van der Waals surface area contributed by atoms with Crippen LogP contribution < -0.4 is 0 Å². The third kappa shape index (κ3) is 79.2. The van der Waals surface area contributed by atoms with Gasteiger partial charge >= 0.3 is 26.2 Å². The molecule has 0 aliphatic carbocycles. The summed E-state index contributed by atoms with van der Waals surface area (Å²) >= 11 is 0. The molecule has 0 aliphatic heterocycles. The van der Waals surface area contributed by atoms with Crippen LogP contribution in [0.15, 0.2) is 0 Å². The molecule has 0 heterocycles. The van der Waals surface area contributed by atoms with E-state index in [1.165, 1.54) is 38.5 Å². The van der Waals surface area contributed by atoms with Crippen molar-refractivity contribution in [2.24, 2.45) is 0 Å². The zero-order chi connectivity index (χ0) is 12.4. The summed E-state index contributed by atoms with van der Waals surface area (Å²) in [6.07, 6.45) is 11.0. The second kappa shape index (κ2) is 43.6. The number of hydrogen-bond donors (Lipinski definition) is 0. The molecule has 0 aliphatic rings. The van der Waals surface area contributed by atoms with Gasteiger partial charge in [0.25, 0.3) is 0 Å². The first-order valence-electron chi connectivity index (χ1n) is 6.62. The van der Waals surface area contributed by atoms with Crippen molar-refractivity contribution in [1.82, 2.24) is 0 Å². The molecule has 0 aromatic carbocycles. The molecule has 1 nitrogen and oxygen atoms in total. The zero-order valence-electron chi connectivity index (χ0n) is 12.5. The van der Waals surface area contributed by atoms with Gasteiger partial charge in [-0.1, -0.05) is 59.3 Å². The molecule has 0 spiro atoms. The molecule has 0 aromatic heterocycles. The van der Waals surface area contributed by atoms with Crippen molar-refractivity contribution >= 4 is 0 Å². The molecule has 2 heteroatoms. The van der Waals surface area contributed by atoms with Gasteiger partial charge in [-0.25, -0.2) is 0 Å². The molecule has 1 radical (unpaired) electrons. The Morgan fingerprint density at radius 2 is 0.765 bits per heavy atom. The SMILES string of the molecule is O.[CH2-]CCCC.[CH2-]CCCC.[CH2-]CCCC.[Zr+3]. The van der Waals surface area contributed by atoms with Crippen molar-refractivity contribution in [3.8, 4) is 0 Å². The van der Waals surface area contributed by atoms with E-state index in [1.54, 1.807) is 0 Å². The molecular weight excluding hydrogens is 287 g/mol. The average molecular weight is 323 g/mol. The fourth-order valence-electron chi connectivity index (χ4n) is 0.750. The maximum atomic E-state index is 3.68. The second-order valence-electron chi connectivity index (χ2n) is 3.62. The Labute approximate surface area is 131 Å². The van der Waals surface area contributed by atoms with Crippen molar-refractivity contribution < 1.29 is 31.7 Å². The van der Waals surface area contributed by atoms with E-state index < -0.39 is 0 Å². The number of rotatable bonds is 6. The summed E-state index contributed by atoms with van der Waals surface area (Å²) in [7, 11) is 0. The van der Waals surface area contributed by atoms with Crippen molar-refractivity contribution in [3.63, 3.8) is 0 Å². The van der Waals surface area contributed by atoms with Crippen molar-refractivity contribution in [2.45, 2.75) is 78.6 Å². The van der Waals surface area contributed by atoms with Crippen LogP contribution in [0.5, 0.6) is 0 Å². The Hall–Kier alpha value is 0.843. The van der Waals surface area contributed by atoms with E-state index in [4.69, 9.17) is 0 Å². The topological polar surface area (TPSA) is 31.5 Å². The summed E-state index contributed by atoms with van der Waals surface area (Å²) in [4.78, 5) is 0. The molecule has 2 N–H and O–H groups in total. The monoisotopic (exact) mass is 321 g/mol. The van der Waals surface area contributed by atoms with E-state index in [1.807, 2.05) is 0 Å². The first-order valence-corrected chi connectivity index (χ1v) is 6.62. The molecule has 17 heavy (non-hydrogen) atoms. The summed E-state index contributed by atoms with van der Waals surface area (Å²) in [5, 5.41) is 0. The predicted octanol–water partition coefficient (Wildman–Crippen LogP) is 5.20. The predicted molar refractivity (Wildman–Crippen MR) is 78.3 cm³/mol. The van der Waals surface area contributed by atoms with E-state index >= 15 is 0 Å². The summed E-state index contributed by atoms with van der Waals surface area (Å²) in [6.45, 7) is 17.5. The van der Waals surface area contributed by atoms with Crippen LogP contribution in [0.25, 0.3) is 0 Å². The molecule has 0 fully saturated rings. The Morgan fingerprint density at radius 3 is 0.765 bits per heavy atom. The molecule has 0 saturated carbocycles. The Bertz CT molecular complexity index is 47.7. The Balaban J connectivity index is -0.0000000400. The van der Waals surface area contributed by atoms with Gasteiger partial charge in [0.15, 0.2) is 0 Å². The summed E-state index contributed by atoms with van der Waals surface area (Å²) in [5.41, 5.74) is 0. The fraction of sp³-hybridized carbons (Fsp3) is 0.800. The molecule has 0 unspecified atom stereocenters.